The second-order valence-electron chi connectivity index (χ2n) is 9.04. The monoisotopic (exact) mass is 488 g/mol. The van der Waals surface area contributed by atoms with Crippen molar-refractivity contribution in [3.05, 3.63) is 84.2 Å². The summed E-state index contributed by atoms with van der Waals surface area (Å²) in [5.74, 6) is 1.23. The number of anilines is 1. The minimum atomic E-state index is 0.0552. The van der Waals surface area contributed by atoms with Gasteiger partial charge >= 0.3 is 0 Å². The molecule has 1 aliphatic rings. The van der Waals surface area contributed by atoms with Crippen molar-refractivity contribution in [2.75, 3.05) is 18.6 Å². The zero-order valence-electron chi connectivity index (χ0n) is 22.7. The molecule has 3 aromatic rings. The van der Waals surface area contributed by atoms with Crippen molar-refractivity contribution in [1.29, 1.82) is 5.41 Å². The van der Waals surface area contributed by atoms with Gasteiger partial charge in [0.1, 0.15) is 0 Å². The molecule has 5 heteroatoms. The summed E-state index contributed by atoms with van der Waals surface area (Å²) in [6.07, 6.45) is 6.96. The Morgan fingerprint density at radius 3 is 2.11 bits per heavy atom. The molecule has 1 aromatic heterocycles. The first-order valence-corrected chi connectivity index (χ1v) is 13.2. The first-order chi connectivity index (χ1) is 17.5. The second kappa shape index (κ2) is 15.9. The van der Waals surface area contributed by atoms with Gasteiger partial charge in [-0.1, -0.05) is 76.6 Å². The number of hydrogen-bond acceptors (Lipinski definition) is 4. The first kappa shape index (κ1) is 29.2. The number of nitrogens with one attached hydrogen (secondary N) is 1. The van der Waals surface area contributed by atoms with Crippen molar-refractivity contribution >= 4 is 12.0 Å². The maximum absolute atomic E-state index is 7.70. The van der Waals surface area contributed by atoms with Crippen molar-refractivity contribution < 1.29 is 4.74 Å². The second-order valence-corrected chi connectivity index (χ2v) is 9.04. The number of hydrogen-bond donors (Lipinski definition) is 2. The van der Waals surface area contributed by atoms with E-state index in [9.17, 15) is 0 Å². The van der Waals surface area contributed by atoms with E-state index in [0.29, 0.717) is 19.1 Å². The zero-order valence-corrected chi connectivity index (χ0v) is 22.7. The first-order valence-electron chi connectivity index (χ1n) is 13.2. The molecule has 0 saturated heterocycles. The number of pyridine rings is 1. The summed E-state index contributed by atoms with van der Waals surface area (Å²) in [6.45, 7) is 9.59. The quantitative estimate of drug-likeness (QED) is 0.232. The molecule has 0 aliphatic heterocycles. The van der Waals surface area contributed by atoms with Gasteiger partial charge in [-0.15, -0.1) is 0 Å². The molecule has 1 aliphatic carbocycles. The van der Waals surface area contributed by atoms with E-state index in [1.165, 1.54) is 30.4 Å². The Morgan fingerprint density at radius 2 is 1.64 bits per heavy atom. The highest BCUT2D eigenvalue weighted by molar-refractivity contribution is 5.78. The summed E-state index contributed by atoms with van der Waals surface area (Å²) in [6, 6.07) is 22.8. The summed E-state index contributed by atoms with van der Waals surface area (Å²) < 4.78 is 5.15. The number of methoxy groups -OCH3 is 1. The largest absolute Gasteiger partial charge is 0.380 e. The van der Waals surface area contributed by atoms with Crippen LogP contribution in [0.15, 0.2) is 72.9 Å². The van der Waals surface area contributed by atoms with Gasteiger partial charge in [-0.2, -0.15) is 0 Å². The molecule has 36 heavy (non-hydrogen) atoms. The van der Waals surface area contributed by atoms with Crippen molar-refractivity contribution in [1.82, 2.24) is 4.98 Å². The maximum Gasteiger partial charge on any atom is 0.0862 e. The average molecular weight is 489 g/mol. The molecule has 1 heterocycles. The highest BCUT2D eigenvalue weighted by Gasteiger charge is 2.23. The highest BCUT2D eigenvalue weighted by atomic mass is 16.5. The van der Waals surface area contributed by atoms with Crippen molar-refractivity contribution in [3.63, 3.8) is 0 Å². The predicted octanol–water partition coefficient (Wildman–Crippen LogP) is 7.27. The van der Waals surface area contributed by atoms with E-state index in [1.807, 2.05) is 43.1 Å². The molecular formula is C31H44N4O. The number of nitrogens with zero attached hydrogens (tertiary/aromatic N) is 2. The molecule has 3 N–H and O–H groups in total. The third-order valence-electron chi connectivity index (χ3n) is 6.42. The lowest BCUT2D eigenvalue weighted by Crippen LogP contribution is -2.40. The standard InChI is InChI=1S/C21H29N3O.C8H9N.C2H6/c1-4-16(2)21(23)13-24(15-22)20-11-9-19(10-12-20)18-7-5-17(6-8-18)14-25-3;1-2-6-9-8(3-1)7-4-5-7;1-2/h5-12,15-16,21-22H,4,13-14,23H2,1-3H3;1-3,6-7H,4-5H2;1-2H3/t16-,21+;;/m0../s1. The van der Waals surface area contributed by atoms with Gasteiger partial charge in [0.25, 0.3) is 0 Å². The fourth-order valence-corrected chi connectivity index (χ4v) is 3.74. The van der Waals surface area contributed by atoms with Crippen LogP contribution >= 0.6 is 0 Å². The molecule has 0 spiro atoms. The van der Waals surface area contributed by atoms with Gasteiger partial charge in [-0.3, -0.25) is 10.4 Å². The summed E-state index contributed by atoms with van der Waals surface area (Å²) in [5.41, 5.74) is 12.0. The summed E-state index contributed by atoms with van der Waals surface area (Å²) in [7, 11) is 1.70. The Labute approximate surface area is 218 Å². The van der Waals surface area contributed by atoms with E-state index in [-0.39, 0.29) is 6.04 Å². The van der Waals surface area contributed by atoms with Gasteiger partial charge < -0.3 is 15.4 Å². The maximum atomic E-state index is 7.70. The molecule has 0 amide bonds. The van der Waals surface area contributed by atoms with Crippen LogP contribution in [0.3, 0.4) is 0 Å². The van der Waals surface area contributed by atoms with Gasteiger partial charge in [0.2, 0.25) is 0 Å². The smallest absolute Gasteiger partial charge is 0.0862 e. The van der Waals surface area contributed by atoms with Crippen LogP contribution in [-0.2, 0) is 11.3 Å². The molecule has 1 fully saturated rings. The molecule has 1 saturated carbocycles. The molecule has 2 aromatic carbocycles. The molecule has 0 unspecified atom stereocenters. The van der Waals surface area contributed by atoms with Crippen LogP contribution in [0, 0.1) is 11.3 Å². The van der Waals surface area contributed by atoms with Crippen LogP contribution in [0.2, 0.25) is 0 Å². The highest BCUT2D eigenvalue weighted by Crippen LogP contribution is 2.38. The lowest BCUT2D eigenvalue weighted by atomic mass is 9.99. The van der Waals surface area contributed by atoms with Gasteiger partial charge in [-0.25, -0.2) is 0 Å². The predicted molar refractivity (Wildman–Crippen MR) is 154 cm³/mol. The summed E-state index contributed by atoms with van der Waals surface area (Å²) >= 11 is 0. The average Bonchev–Trinajstić information content (AvgIpc) is 3.80. The molecular weight excluding hydrogens is 444 g/mol. The minimum absolute atomic E-state index is 0.0552. The summed E-state index contributed by atoms with van der Waals surface area (Å²) in [5, 5.41) is 7.70. The number of rotatable bonds is 10. The zero-order chi connectivity index (χ0) is 26.3. The van der Waals surface area contributed by atoms with Crippen LogP contribution in [0.5, 0.6) is 0 Å². The SMILES string of the molecule is CC.CC[C@H](C)[C@H](N)CN(C=N)c1ccc(-c2ccc(COC)cc2)cc1.c1ccc(C2CC2)nc1. The van der Waals surface area contributed by atoms with E-state index >= 15 is 0 Å². The van der Waals surface area contributed by atoms with Crippen molar-refractivity contribution in [3.8, 4) is 11.1 Å². The number of benzene rings is 2. The van der Waals surface area contributed by atoms with E-state index < -0.39 is 0 Å². The minimum Gasteiger partial charge on any atom is -0.380 e. The molecule has 4 rings (SSSR count). The van der Waals surface area contributed by atoms with Crippen molar-refractivity contribution in [2.24, 2.45) is 11.7 Å². The van der Waals surface area contributed by atoms with Crippen LogP contribution in [0.25, 0.3) is 11.1 Å². The van der Waals surface area contributed by atoms with Crippen LogP contribution in [0.4, 0.5) is 5.69 Å². The summed E-state index contributed by atoms with van der Waals surface area (Å²) in [4.78, 5) is 6.15. The lowest BCUT2D eigenvalue weighted by Gasteiger charge is -2.26. The van der Waals surface area contributed by atoms with E-state index in [0.717, 1.165) is 29.2 Å². The van der Waals surface area contributed by atoms with E-state index in [2.05, 4.69) is 67.4 Å². The Morgan fingerprint density at radius 1 is 1.03 bits per heavy atom. The molecule has 194 valence electrons. The number of ether oxygens (including phenoxy) is 1. The normalized spacial score (nSPS) is 13.8. The molecule has 0 bridgehead atoms. The topological polar surface area (TPSA) is 75.2 Å². The Kier molecular flexibility index (Phi) is 12.9. The molecule has 0 radical (unpaired) electrons. The Bertz CT molecular complexity index is 985. The Hall–Kier alpha value is -3.02. The van der Waals surface area contributed by atoms with E-state index in [4.69, 9.17) is 15.9 Å². The van der Waals surface area contributed by atoms with Gasteiger partial charge in [-0.05, 0) is 59.7 Å². The fourth-order valence-electron chi connectivity index (χ4n) is 3.74. The van der Waals surface area contributed by atoms with Crippen LogP contribution < -0.4 is 10.6 Å². The van der Waals surface area contributed by atoms with Gasteiger partial charge in [0.05, 0.1) is 12.9 Å². The Balaban J connectivity index is 0.000000341. The van der Waals surface area contributed by atoms with Crippen molar-refractivity contribution in [2.45, 2.75) is 65.5 Å². The lowest BCUT2D eigenvalue weighted by molar-refractivity contribution is 0.185. The third-order valence-corrected chi connectivity index (χ3v) is 6.42. The molecule has 2 atom stereocenters. The van der Waals surface area contributed by atoms with Crippen LogP contribution in [0.1, 0.15) is 64.1 Å². The fraction of sp³-hybridized carbons (Fsp3) is 0.419. The van der Waals surface area contributed by atoms with Gasteiger partial charge in [0.15, 0.2) is 0 Å². The third kappa shape index (κ3) is 9.21. The van der Waals surface area contributed by atoms with E-state index in [1.54, 1.807) is 7.11 Å². The number of aromatic nitrogens is 1. The van der Waals surface area contributed by atoms with Gasteiger partial charge in [0, 0.05) is 43.2 Å². The van der Waals surface area contributed by atoms with Crippen LogP contribution in [-0.4, -0.2) is 31.0 Å². The molecule has 5 nitrogen and oxygen atoms in total. The number of nitrogens with two attached hydrogens (primary N) is 1.